The summed E-state index contributed by atoms with van der Waals surface area (Å²) in [7, 11) is 0. The molecule has 3 nitrogen and oxygen atoms in total. The predicted octanol–water partition coefficient (Wildman–Crippen LogP) is 3.45. The average Bonchev–Trinajstić information content (AvgIpc) is 2.91. The second kappa shape index (κ2) is 6.32. The molecule has 2 rings (SSSR count). The molecule has 0 amide bonds. The Morgan fingerprint density at radius 1 is 1.25 bits per heavy atom. The number of hydrogen-bond acceptors (Lipinski definition) is 4. The van der Waals surface area contributed by atoms with Gasteiger partial charge in [-0.3, -0.25) is 0 Å². The molecule has 1 aromatic heterocycles. The van der Waals surface area contributed by atoms with Crippen molar-refractivity contribution in [3.63, 3.8) is 0 Å². The Kier molecular flexibility index (Phi) is 4.72. The van der Waals surface area contributed by atoms with Crippen LogP contribution in [0.25, 0.3) is 0 Å². The Morgan fingerprint density at radius 3 is 2.45 bits per heavy atom. The first kappa shape index (κ1) is 14.9. The van der Waals surface area contributed by atoms with E-state index < -0.39 is 11.7 Å². The second-order valence-electron chi connectivity index (χ2n) is 4.34. The van der Waals surface area contributed by atoms with Crippen molar-refractivity contribution in [2.75, 3.05) is 6.54 Å². The molecule has 0 bridgehead atoms. The number of alkyl halides is 3. The largest absolute Gasteiger partial charge is 0.416 e. The maximum Gasteiger partial charge on any atom is 0.416 e. The van der Waals surface area contributed by atoms with E-state index in [2.05, 4.69) is 14.9 Å². The molecule has 0 saturated carbocycles. The number of halogens is 3. The van der Waals surface area contributed by atoms with E-state index in [1.807, 2.05) is 12.3 Å². The van der Waals surface area contributed by atoms with Crippen LogP contribution in [0.2, 0.25) is 0 Å². The maximum atomic E-state index is 12.5. The third kappa shape index (κ3) is 3.77. The topological polar surface area (TPSA) is 37.8 Å². The van der Waals surface area contributed by atoms with E-state index in [1.54, 1.807) is 0 Å². The first-order valence-electron chi connectivity index (χ1n) is 6.17. The van der Waals surface area contributed by atoms with Crippen molar-refractivity contribution in [1.29, 1.82) is 0 Å². The fourth-order valence-corrected chi connectivity index (χ4v) is 2.42. The van der Waals surface area contributed by atoms with Gasteiger partial charge in [-0.2, -0.15) is 13.2 Å². The minimum atomic E-state index is -4.29. The quantitative estimate of drug-likeness (QED) is 0.919. The van der Waals surface area contributed by atoms with Crippen molar-refractivity contribution in [2.24, 2.45) is 0 Å². The number of rotatable bonds is 5. The van der Waals surface area contributed by atoms with E-state index in [-0.39, 0.29) is 6.04 Å². The van der Waals surface area contributed by atoms with Gasteiger partial charge in [0.1, 0.15) is 0 Å². The van der Waals surface area contributed by atoms with Gasteiger partial charge in [-0.05, 0) is 42.2 Å². The molecule has 7 heteroatoms. The molecular weight excluding hydrogens is 287 g/mol. The number of nitrogens with one attached hydrogen (secondary N) is 1. The highest BCUT2D eigenvalue weighted by atomic mass is 32.1. The molecule has 108 valence electrons. The minimum absolute atomic E-state index is 0.0320. The highest BCUT2D eigenvalue weighted by Crippen LogP contribution is 2.29. The summed E-state index contributed by atoms with van der Waals surface area (Å²) < 4.78 is 41.3. The summed E-state index contributed by atoms with van der Waals surface area (Å²) in [6, 6.07) is 5.20. The summed E-state index contributed by atoms with van der Waals surface area (Å²) in [4.78, 5) is 0. The lowest BCUT2D eigenvalue weighted by Crippen LogP contribution is -2.23. The van der Waals surface area contributed by atoms with Crippen LogP contribution in [0.3, 0.4) is 0 Å². The third-order valence-electron chi connectivity index (χ3n) is 2.91. The van der Waals surface area contributed by atoms with Crippen LogP contribution < -0.4 is 5.32 Å². The van der Waals surface area contributed by atoms with Gasteiger partial charge in [0.05, 0.1) is 17.3 Å². The van der Waals surface area contributed by atoms with Gasteiger partial charge < -0.3 is 5.32 Å². The van der Waals surface area contributed by atoms with E-state index >= 15 is 0 Å². The molecule has 0 aliphatic carbocycles. The van der Waals surface area contributed by atoms with Gasteiger partial charge in [-0.1, -0.05) is 23.5 Å². The van der Waals surface area contributed by atoms with E-state index in [4.69, 9.17) is 0 Å². The molecule has 1 heterocycles. The summed E-state index contributed by atoms with van der Waals surface area (Å²) in [5.41, 5.74) is 1.02. The van der Waals surface area contributed by atoms with Crippen LogP contribution in [0.5, 0.6) is 0 Å². The zero-order chi connectivity index (χ0) is 14.6. The van der Waals surface area contributed by atoms with Gasteiger partial charge in [0, 0.05) is 5.38 Å². The Morgan fingerprint density at radius 2 is 1.95 bits per heavy atom. The standard InChI is InChI=1S/C13H14F3N3S/c1-2-17-11(12-8-20-19-18-12)7-9-3-5-10(6-4-9)13(14,15)16/h3-6,8,11,17H,2,7H2,1H3. The van der Waals surface area contributed by atoms with E-state index in [1.165, 1.54) is 23.7 Å². The monoisotopic (exact) mass is 301 g/mol. The molecule has 0 fully saturated rings. The Hall–Kier alpha value is -1.47. The highest BCUT2D eigenvalue weighted by Gasteiger charge is 2.30. The maximum absolute atomic E-state index is 12.5. The zero-order valence-electron chi connectivity index (χ0n) is 10.8. The first-order chi connectivity index (χ1) is 9.50. The lowest BCUT2D eigenvalue weighted by molar-refractivity contribution is -0.137. The zero-order valence-corrected chi connectivity index (χ0v) is 11.6. The van der Waals surface area contributed by atoms with E-state index in [9.17, 15) is 13.2 Å². The molecule has 0 saturated heterocycles. The number of benzene rings is 1. The average molecular weight is 301 g/mol. The molecular formula is C13H14F3N3S. The summed E-state index contributed by atoms with van der Waals surface area (Å²) in [5, 5.41) is 9.12. The van der Waals surface area contributed by atoms with E-state index in [0.717, 1.165) is 29.9 Å². The van der Waals surface area contributed by atoms with Crippen molar-refractivity contribution >= 4 is 11.5 Å². The highest BCUT2D eigenvalue weighted by molar-refractivity contribution is 7.03. The molecule has 1 unspecified atom stereocenters. The number of likely N-dealkylation sites (N-methyl/N-ethyl adjacent to an activating group) is 1. The van der Waals surface area contributed by atoms with Crippen LogP contribution in [-0.4, -0.2) is 16.1 Å². The van der Waals surface area contributed by atoms with Gasteiger partial charge in [0.2, 0.25) is 0 Å². The van der Waals surface area contributed by atoms with Gasteiger partial charge in [0.25, 0.3) is 0 Å². The Balaban J connectivity index is 2.11. The fourth-order valence-electron chi connectivity index (χ4n) is 1.92. The van der Waals surface area contributed by atoms with Crippen LogP contribution in [0, 0.1) is 0 Å². The van der Waals surface area contributed by atoms with Crippen molar-refractivity contribution in [3.05, 3.63) is 46.5 Å². The van der Waals surface area contributed by atoms with Crippen LogP contribution in [0.15, 0.2) is 29.6 Å². The van der Waals surface area contributed by atoms with Gasteiger partial charge in [-0.25, -0.2) is 0 Å². The molecule has 0 aliphatic rings. The Bertz CT molecular complexity index is 523. The molecule has 20 heavy (non-hydrogen) atoms. The molecule has 1 aromatic carbocycles. The molecule has 0 spiro atoms. The van der Waals surface area contributed by atoms with E-state index in [0.29, 0.717) is 6.42 Å². The number of nitrogens with zero attached hydrogens (tertiary/aromatic N) is 2. The van der Waals surface area contributed by atoms with Gasteiger partial charge >= 0.3 is 6.18 Å². The van der Waals surface area contributed by atoms with Crippen LogP contribution in [0.1, 0.15) is 29.8 Å². The summed E-state index contributed by atoms with van der Waals surface area (Å²) in [6.07, 6.45) is -3.71. The Labute approximate surface area is 119 Å². The molecule has 2 aromatic rings. The van der Waals surface area contributed by atoms with Crippen molar-refractivity contribution in [3.8, 4) is 0 Å². The summed E-state index contributed by atoms with van der Waals surface area (Å²) >= 11 is 1.26. The van der Waals surface area contributed by atoms with Crippen LogP contribution in [0.4, 0.5) is 13.2 Å². The summed E-state index contributed by atoms with van der Waals surface area (Å²) in [5.74, 6) is 0. The third-order valence-corrected chi connectivity index (χ3v) is 3.43. The molecule has 1 atom stereocenters. The lowest BCUT2D eigenvalue weighted by Gasteiger charge is -2.15. The second-order valence-corrected chi connectivity index (χ2v) is 4.95. The van der Waals surface area contributed by atoms with Crippen LogP contribution >= 0.6 is 11.5 Å². The summed E-state index contributed by atoms with van der Waals surface area (Å²) in [6.45, 7) is 2.72. The first-order valence-corrected chi connectivity index (χ1v) is 7.01. The van der Waals surface area contributed by atoms with Gasteiger partial charge in [0.15, 0.2) is 0 Å². The number of aromatic nitrogens is 2. The van der Waals surface area contributed by atoms with Crippen LogP contribution in [-0.2, 0) is 12.6 Å². The van der Waals surface area contributed by atoms with Gasteiger partial charge in [-0.15, -0.1) is 5.10 Å². The minimum Gasteiger partial charge on any atom is -0.309 e. The lowest BCUT2D eigenvalue weighted by atomic mass is 10.0. The van der Waals surface area contributed by atoms with Crippen molar-refractivity contribution in [1.82, 2.24) is 14.9 Å². The van der Waals surface area contributed by atoms with Crippen molar-refractivity contribution < 1.29 is 13.2 Å². The predicted molar refractivity (Wildman–Crippen MR) is 71.5 cm³/mol. The number of hydrogen-bond donors (Lipinski definition) is 1. The normalized spacial score (nSPS) is 13.4. The SMILES string of the molecule is CCNC(Cc1ccc(C(F)(F)F)cc1)c1csnn1. The molecule has 1 N–H and O–H groups in total. The van der Waals surface area contributed by atoms with Crippen molar-refractivity contribution in [2.45, 2.75) is 25.6 Å². The smallest absolute Gasteiger partial charge is 0.309 e. The molecule has 0 aliphatic heterocycles. The molecule has 0 radical (unpaired) electrons. The fraction of sp³-hybridized carbons (Fsp3) is 0.385.